The molecule has 1 aromatic heterocycles. The van der Waals surface area contributed by atoms with Crippen LogP contribution in [-0.2, 0) is 0 Å². The Morgan fingerprint density at radius 2 is 2.20 bits per heavy atom. The minimum absolute atomic E-state index is 0.104. The van der Waals surface area contributed by atoms with Crippen molar-refractivity contribution < 1.29 is 9.53 Å². The zero-order valence-corrected chi connectivity index (χ0v) is 10.5. The standard InChI is InChI=1S/C12H10N6O2/c1-18(12(19)20-9-5-3-2-4-6-9)17-16-11-10(7-13)14-8-15-11/h2-6,8H,1H3,(H,14,15). The lowest BCUT2D eigenvalue weighted by Crippen LogP contribution is -2.24. The Hall–Kier alpha value is -3.21. The number of carbonyl (C=O) groups excluding carboxylic acids is 1. The fourth-order valence-electron chi connectivity index (χ4n) is 1.25. The van der Waals surface area contributed by atoms with E-state index >= 15 is 0 Å². The summed E-state index contributed by atoms with van der Waals surface area (Å²) in [5, 5.41) is 17.0. The third-order valence-electron chi connectivity index (χ3n) is 2.22. The molecule has 1 heterocycles. The van der Waals surface area contributed by atoms with Crippen LogP contribution in [0.3, 0.4) is 0 Å². The lowest BCUT2D eigenvalue weighted by Gasteiger charge is -2.09. The molecule has 0 spiro atoms. The summed E-state index contributed by atoms with van der Waals surface area (Å²) >= 11 is 0. The molecule has 1 N–H and O–H groups in total. The molecule has 8 nitrogen and oxygen atoms in total. The van der Waals surface area contributed by atoms with Crippen LogP contribution in [-0.4, -0.2) is 28.1 Å². The average molecular weight is 270 g/mol. The summed E-state index contributed by atoms with van der Waals surface area (Å²) in [5.41, 5.74) is 0.165. The topological polar surface area (TPSA) is 107 Å². The first kappa shape index (κ1) is 13.2. The number of aromatic nitrogens is 2. The molecule has 0 radical (unpaired) electrons. The van der Waals surface area contributed by atoms with Gasteiger partial charge in [-0.2, -0.15) is 10.3 Å². The van der Waals surface area contributed by atoms with E-state index in [1.165, 1.54) is 13.4 Å². The van der Waals surface area contributed by atoms with E-state index < -0.39 is 6.09 Å². The number of benzene rings is 1. The molecule has 2 rings (SSSR count). The molecule has 0 unspecified atom stereocenters. The average Bonchev–Trinajstić information content (AvgIpc) is 2.93. The molecule has 0 saturated carbocycles. The Balaban J connectivity index is 2.00. The van der Waals surface area contributed by atoms with Gasteiger partial charge >= 0.3 is 6.09 Å². The summed E-state index contributed by atoms with van der Waals surface area (Å²) < 4.78 is 5.04. The number of nitriles is 1. The lowest BCUT2D eigenvalue weighted by molar-refractivity contribution is 0.161. The largest absolute Gasteiger partial charge is 0.436 e. The molecular weight excluding hydrogens is 260 g/mol. The Kier molecular flexibility index (Phi) is 4.04. The van der Waals surface area contributed by atoms with Crippen molar-refractivity contribution >= 4 is 11.9 Å². The third-order valence-corrected chi connectivity index (χ3v) is 2.22. The quantitative estimate of drug-likeness (QED) is 0.682. The van der Waals surface area contributed by atoms with Crippen LogP contribution in [0.25, 0.3) is 0 Å². The number of carbonyl (C=O) groups is 1. The maximum atomic E-state index is 11.7. The van der Waals surface area contributed by atoms with E-state index in [4.69, 9.17) is 10.00 Å². The molecule has 1 aromatic carbocycles. The number of imidazole rings is 1. The molecule has 8 heteroatoms. The van der Waals surface area contributed by atoms with Crippen molar-refractivity contribution in [3.05, 3.63) is 42.4 Å². The normalized spacial score (nSPS) is 10.2. The monoisotopic (exact) mass is 270 g/mol. The minimum Gasteiger partial charge on any atom is -0.409 e. The zero-order chi connectivity index (χ0) is 14.4. The van der Waals surface area contributed by atoms with E-state index in [1.807, 2.05) is 12.1 Å². The number of ether oxygens (including phenoxy) is 1. The van der Waals surface area contributed by atoms with E-state index in [0.29, 0.717) is 5.75 Å². The highest BCUT2D eigenvalue weighted by Crippen LogP contribution is 2.14. The SMILES string of the molecule is CN(N=Nc1nc[nH]c1C#N)C(=O)Oc1ccccc1. The van der Waals surface area contributed by atoms with Crippen LogP contribution in [0.15, 0.2) is 47.0 Å². The number of hydrogen-bond donors (Lipinski definition) is 1. The van der Waals surface area contributed by atoms with Crippen LogP contribution >= 0.6 is 0 Å². The van der Waals surface area contributed by atoms with Crippen LogP contribution in [0.5, 0.6) is 5.75 Å². The second-order valence-corrected chi connectivity index (χ2v) is 3.61. The molecule has 0 saturated heterocycles. The van der Waals surface area contributed by atoms with Gasteiger partial charge in [-0.1, -0.05) is 23.4 Å². The molecular formula is C12H10N6O2. The van der Waals surface area contributed by atoms with E-state index in [9.17, 15) is 4.79 Å². The molecule has 1 amide bonds. The van der Waals surface area contributed by atoms with Crippen molar-refractivity contribution in [3.63, 3.8) is 0 Å². The molecule has 0 bridgehead atoms. The van der Waals surface area contributed by atoms with Crippen molar-refractivity contribution in [1.29, 1.82) is 5.26 Å². The Morgan fingerprint density at radius 3 is 2.90 bits per heavy atom. The van der Waals surface area contributed by atoms with Gasteiger partial charge in [-0.15, -0.1) is 5.11 Å². The van der Waals surface area contributed by atoms with Crippen molar-refractivity contribution in [3.8, 4) is 11.8 Å². The Bertz CT molecular complexity index is 658. The third kappa shape index (κ3) is 3.17. The molecule has 0 aliphatic carbocycles. The predicted octanol–water partition coefficient (Wildman–Crippen LogP) is 2.41. The molecule has 2 aromatic rings. The fourth-order valence-corrected chi connectivity index (χ4v) is 1.25. The van der Waals surface area contributed by atoms with Crippen molar-refractivity contribution in [2.75, 3.05) is 7.05 Å². The number of nitrogens with zero attached hydrogens (tertiary/aromatic N) is 5. The number of amides is 1. The molecule has 0 aliphatic rings. The number of aromatic amines is 1. The summed E-state index contributed by atoms with van der Waals surface area (Å²) in [6.45, 7) is 0. The first-order valence-corrected chi connectivity index (χ1v) is 5.56. The first-order valence-electron chi connectivity index (χ1n) is 5.56. The smallest absolute Gasteiger partial charge is 0.409 e. The second-order valence-electron chi connectivity index (χ2n) is 3.61. The Labute approximate surface area is 114 Å². The molecule has 100 valence electrons. The van der Waals surface area contributed by atoms with Crippen LogP contribution in [0.1, 0.15) is 5.69 Å². The predicted molar refractivity (Wildman–Crippen MR) is 68.0 cm³/mol. The number of H-pyrrole nitrogens is 1. The highest BCUT2D eigenvalue weighted by atomic mass is 16.6. The fraction of sp³-hybridized carbons (Fsp3) is 0.0833. The number of rotatable bonds is 3. The van der Waals surface area contributed by atoms with Gasteiger partial charge < -0.3 is 9.72 Å². The molecule has 0 aliphatic heterocycles. The van der Waals surface area contributed by atoms with Crippen LogP contribution in [0.2, 0.25) is 0 Å². The number of para-hydroxylation sites is 1. The summed E-state index contributed by atoms with van der Waals surface area (Å²) in [6.07, 6.45) is 0.615. The van der Waals surface area contributed by atoms with E-state index in [0.717, 1.165) is 5.01 Å². The van der Waals surface area contributed by atoms with Gasteiger partial charge in [-0.3, -0.25) is 0 Å². The van der Waals surface area contributed by atoms with E-state index in [2.05, 4.69) is 20.3 Å². The van der Waals surface area contributed by atoms with Gasteiger partial charge in [0.25, 0.3) is 0 Å². The summed E-state index contributed by atoms with van der Waals surface area (Å²) in [5.74, 6) is 0.504. The van der Waals surface area contributed by atoms with E-state index in [1.54, 1.807) is 24.3 Å². The maximum Gasteiger partial charge on any atom is 0.436 e. The first-order chi connectivity index (χ1) is 9.70. The van der Waals surface area contributed by atoms with Crippen molar-refractivity contribution in [2.24, 2.45) is 10.3 Å². The summed E-state index contributed by atoms with van der Waals surface area (Å²) in [4.78, 5) is 18.1. The van der Waals surface area contributed by atoms with Crippen molar-refractivity contribution in [2.45, 2.75) is 0 Å². The summed E-state index contributed by atoms with van der Waals surface area (Å²) in [6, 6.07) is 10.4. The highest BCUT2D eigenvalue weighted by Gasteiger charge is 2.11. The van der Waals surface area contributed by atoms with Gasteiger partial charge in [0, 0.05) is 7.05 Å². The van der Waals surface area contributed by atoms with Crippen LogP contribution < -0.4 is 4.74 Å². The lowest BCUT2D eigenvalue weighted by atomic mass is 10.3. The van der Waals surface area contributed by atoms with Gasteiger partial charge in [0.05, 0.1) is 6.33 Å². The zero-order valence-electron chi connectivity index (χ0n) is 10.5. The number of hydrogen-bond acceptors (Lipinski definition) is 6. The minimum atomic E-state index is -0.700. The molecule has 20 heavy (non-hydrogen) atoms. The van der Waals surface area contributed by atoms with E-state index in [-0.39, 0.29) is 11.5 Å². The molecule has 0 atom stereocenters. The summed E-state index contributed by atoms with van der Waals surface area (Å²) in [7, 11) is 1.38. The van der Waals surface area contributed by atoms with Gasteiger partial charge in [0.15, 0.2) is 5.69 Å². The Morgan fingerprint density at radius 1 is 1.45 bits per heavy atom. The highest BCUT2D eigenvalue weighted by molar-refractivity contribution is 5.69. The van der Waals surface area contributed by atoms with Gasteiger partial charge in [-0.05, 0) is 12.1 Å². The maximum absolute atomic E-state index is 11.7. The van der Waals surface area contributed by atoms with Gasteiger partial charge in [0.2, 0.25) is 5.82 Å². The number of nitrogens with one attached hydrogen (secondary N) is 1. The van der Waals surface area contributed by atoms with Gasteiger partial charge in [-0.25, -0.2) is 9.78 Å². The van der Waals surface area contributed by atoms with Crippen LogP contribution in [0.4, 0.5) is 10.6 Å². The van der Waals surface area contributed by atoms with Gasteiger partial charge in [0.1, 0.15) is 11.8 Å². The van der Waals surface area contributed by atoms with Crippen LogP contribution in [0, 0.1) is 11.3 Å². The second kappa shape index (κ2) is 6.10. The van der Waals surface area contributed by atoms with Crippen molar-refractivity contribution in [1.82, 2.24) is 15.0 Å². The molecule has 0 fully saturated rings.